The Labute approximate surface area is 302 Å². The fraction of sp³-hybridized carbons (Fsp3) is 0.973. The minimum absolute atomic E-state index is 0.0691. The molecule has 12 nitrogen and oxygen atoms in total. The SMILES string of the molecule is CCCCCCCCCCCCCCCOCC(COP(=O)(O)OC1C(O)C(O)C(O)C(O)C1O)OC(=O)CCCCCCCCCCCC. The second kappa shape index (κ2) is 29.8. The maximum Gasteiger partial charge on any atom is 0.472 e. The molecule has 1 fully saturated rings. The molecule has 298 valence electrons. The van der Waals surface area contributed by atoms with E-state index in [4.69, 9.17) is 18.5 Å². The van der Waals surface area contributed by atoms with Crippen molar-refractivity contribution >= 4 is 13.8 Å². The van der Waals surface area contributed by atoms with Gasteiger partial charge in [0.15, 0.2) is 0 Å². The van der Waals surface area contributed by atoms with Crippen LogP contribution in [0.2, 0.25) is 0 Å². The predicted octanol–water partition coefficient (Wildman–Crippen LogP) is 6.64. The molecule has 1 rings (SSSR count). The monoisotopic (exact) mass is 740 g/mol. The zero-order valence-electron chi connectivity index (χ0n) is 31.2. The number of aliphatic hydroxyl groups excluding tert-OH is 5. The molecule has 50 heavy (non-hydrogen) atoms. The van der Waals surface area contributed by atoms with Crippen molar-refractivity contribution in [3.63, 3.8) is 0 Å². The van der Waals surface area contributed by atoms with Crippen molar-refractivity contribution in [1.82, 2.24) is 0 Å². The Hall–Kier alpha value is -0.660. The minimum Gasteiger partial charge on any atom is -0.457 e. The van der Waals surface area contributed by atoms with Crippen LogP contribution in [0.3, 0.4) is 0 Å². The van der Waals surface area contributed by atoms with Crippen LogP contribution in [-0.4, -0.2) is 98.9 Å². The van der Waals surface area contributed by atoms with Gasteiger partial charge >= 0.3 is 13.8 Å². The lowest BCUT2D eigenvalue weighted by Crippen LogP contribution is -2.64. The highest BCUT2D eigenvalue weighted by Gasteiger charge is 2.51. The molecule has 0 spiro atoms. The molecule has 0 saturated heterocycles. The van der Waals surface area contributed by atoms with Crippen molar-refractivity contribution in [2.24, 2.45) is 0 Å². The summed E-state index contributed by atoms with van der Waals surface area (Å²) >= 11 is 0. The van der Waals surface area contributed by atoms with Gasteiger partial charge in [0, 0.05) is 13.0 Å². The van der Waals surface area contributed by atoms with E-state index in [1.54, 1.807) is 0 Å². The second-order valence-corrected chi connectivity index (χ2v) is 15.6. The van der Waals surface area contributed by atoms with Gasteiger partial charge in [0.1, 0.15) is 42.7 Å². The van der Waals surface area contributed by atoms with Crippen LogP contribution in [0.15, 0.2) is 0 Å². The van der Waals surface area contributed by atoms with E-state index in [0.29, 0.717) is 13.0 Å². The van der Waals surface area contributed by atoms with Crippen molar-refractivity contribution in [3.05, 3.63) is 0 Å². The van der Waals surface area contributed by atoms with E-state index >= 15 is 0 Å². The highest BCUT2D eigenvalue weighted by Crippen LogP contribution is 2.47. The Morgan fingerprint density at radius 3 is 1.38 bits per heavy atom. The second-order valence-electron chi connectivity index (χ2n) is 14.1. The van der Waals surface area contributed by atoms with Gasteiger partial charge in [-0.15, -0.1) is 0 Å². The molecule has 0 aliphatic heterocycles. The number of carbonyl (C=O) groups excluding carboxylic acids is 1. The fourth-order valence-electron chi connectivity index (χ4n) is 6.24. The van der Waals surface area contributed by atoms with Crippen LogP contribution in [0.25, 0.3) is 0 Å². The van der Waals surface area contributed by atoms with Crippen molar-refractivity contribution in [3.8, 4) is 0 Å². The molecule has 0 heterocycles. The van der Waals surface area contributed by atoms with Gasteiger partial charge in [-0.25, -0.2) is 4.57 Å². The van der Waals surface area contributed by atoms with Crippen LogP contribution in [-0.2, 0) is 27.9 Å². The van der Waals surface area contributed by atoms with Crippen LogP contribution in [0, 0.1) is 0 Å². The summed E-state index contributed by atoms with van der Waals surface area (Å²) in [5, 5.41) is 49.9. The molecule has 6 unspecified atom stereocenters. The van der Waals surface area contributed by atoms with E-state index < -0.39 is 63.1 Å². The van der Waals surface area contributed by atoms with Gasteiger partial charge < -0.3 is 39.9 Å². The molecule has 1 aliphatic carbocycles. The van der Waals surface area contributed by atoms with Crippen molar-refractivity contribution in [2.75, 3.05) is 19.8 Å². The molecule has 0 aromatic heterocycles. The van der Waals surface area contributed by atoms with Gasteiger partial charge in [0.05, 0.1) is 13.2 Å². The van der Waals surface area contributed by atoms with E-state index in [1.165, 1.54) is 103 Å². The summed E-state index contributed by atoms with van der Waals surface area (Å²) < 4.78 is 34.0. The number of aliphatic hydroxyl groups is 5. The molecule has 0 radical (unpaired) electrons. The number of hydrogen-bond donors (Lipinski definition) is 6. The summed E-state index contributed by atoms with van der Waals surface area (Å²) in [6, 6.07) is 0. The zero-order chi connectivity index (χ0) is 37.0. The van der Waals surface area contributed by atoms with Crippen molar-refractivity contribution in [1.29, 1.82) is 0 Å². The minimum atomic E-state index is -5.00. The quantitative estimate of drug-likeness (QED) is 0.0239. The lowest BCUT2D eigenvalue weighted by atomic mass is 9.85. The van der Waals surface area contributed by atoms with Gasteiger partial charge in [0.25, 0.3) is 0 Å². The van der Waals surface area contributed by atoms with Crippen LogP contribution in [0.1, 0.15) is 168 Å². The highest BCUT2D eigenvalue weighted by atomic mass is 31.2. The van der Waals surface area contributed by atoms with Crippen LogP contribution in [0.4, 0.5) is 0 Å². The molecule has 0 aromatic carbocycles. The number of carbonyl (C=O) groups is 1. The molecular formula is C37H73O12P. The molecule has 6 atom stereocenters. The van der Waals surface area contributed by atoms with Crippen LogP contribution < -0.4 is 0 Å². The summed E-state index contributed by atoms with van der Waals surface area (Å²) in [6.07, 6.45) is 14.7. The third-order valence-electron chi connectivity index (χ3n) is 9.48. The maximum absolute atomic E-state index is 12.7. The lowest BCUT2D eigenvalue weighted by Gasteiger charge is -2.41. The number of ether oxygens (including phenoxy) is 2. The fourth-order valence-corrected chi connectivity index (χ4v) is 7.21. The van der Waals surface area contributed by atoms with E-state index in [-0.39, 0.29) is 13.0 Å². The Kier molecular flexibility index (Phi) is 28.2. The molecule has 0 aromatic rings. The van der Waals surface area contributed by atoms with Crippen LogP contribution in [0.5, 0.6) is 0 Å². The summed E-state index contributed by atoms with van der Waals surface area (Å²) in [7, 11) is -5.00. The number of hydrogen-bond acceptors (Lipinski definition) is 11. The third-order valence-corrected chi connectivity index (χ3v) is 10.5. The summed E-state index contributed by atoms with van der Waals surface area (Å²) in [5.41, 5.74) is 0. The van der Waals surface area contributed by atoms with E-state index in [9.17, 15) is 39.8 Å². The standard InChI is InChI=1S/C37H73O12P/c1-3-5-7-9-11-13-15-16-17-19-21-23-25-27-46-28-30(48-31(38)26-24-22-20-18-14-12-10-8-6-4-2)29-47-50(44,45)49-37-35(42)33(40)32(39)34(41)36(37)43/h30,32-37,39-43H,3-29H2,1-2H3,(H,44,45). The van der Waals surface area contributed by atoms with Gasteiger partial charge in [-0.2, -0.15) is 0 Å². The highest BCUT2D eigenvalue weighted by molar-refractivity contribution is 7.47. The first-order chi connectivity index (χ1) is 24.0. The van der Waals surface area contributed by atoms with Gasteiger partial charge in [-0.1, -0.05) is 149 Å². The van der Waals surface area contributed by atoms with E-state index in [1.807, 2.05) is 0 Å². The topological polar surface area (TPSA) is 192 Å². The zero-order valence-corrected chi connectivity index (χ0v) is 32.1. The Bertz CT molecular complexity index is 848. The maximum atomic E-state index is 12.7. The normalized spacial score (nSPS) is 24.2. The molecule has 0 amide bonds. The smallest absolute Gasteiger partial charge is 0.457 e. The molecular weight excluding hydrogens is 667 g/mol. The first kappa shape index (κ1) is 47.4. The van der Waals surface area contributed by atoms with Gasteiger partial charge in [0.2, 0.25) is 0 Å². The number of esters is 1. The molecule has 0 bridgehead atoms. The summed E-state index contributed by atoms with van der Waals surface area (Å²) in [4.78, 5) is 23.0. The first-order valence-corrected chi connectivity index (χ1v) is 21.4. The molecule has 6 N–H and O–H groups in total. The van der Waals surface area contributed by atoms with Crippen molar-refractivity contribution in [2.45, 2.75) is 211 Å². The number of phosphoric ester groups is 1. The summed E-state index contributed by atoms with van der Waals surface area (Å²) in [6.45, 7) is 4.23. The molecule has 13 heteroatoms. The first-order valence-electron chi connectivity index (χ1n) is 19.9. The lowest BCUT2D eigenvalue weighted by molar-refractivity contribution is -0.220. The molecule has 1 aliphatic rings. The number of unbranched alkanes of at least 4 members (excludes halogenated alkanes) is 21. The van der Waals surface area contributed by atoms with Crippen LogP contribution >= 0.6 is 7.82 Å². The van der Waals surface area contributed by atoms with E-state index in [2.05, 4.69) is 13.8 Å². The van der Waals surface area contributed by atoms with Gasteiger partial charge in [-0.3, -0.25) is 13.8 Å². The average Bonchev–Trinajstić information content (AvgIpc) is 3.09. The summed E-state index contributed by atoms with van der Waals surface area (Å²) in [5.74, 6) is -0.477. The largest absolute Gasteiger partial charge is 0.472 e. The van der Waals surface area contributed by atoms with Crippen molar-refractivity contribution < 1.29 is 58.3 Å². The van der Waals surface area contributed by atoms with E-state index in [0.717, 1.165) is 38.5 Å². The molecule has 1 saturated carbocycles. The Balaban J connectivity index is 2.45. The van der Waals surface area contributed by atoms with Gasteiger partial charge in [-0.05, 0) is 12.8 Å². The third kappa shape index (κ3) is 22.4. The Morgan fingerprint density at radius 1 is 0.560 bits per heavy atom. The number of phosphoric acid groups is 1. The predicted molar refractivity (Wildman–Crippen MR) is 194 cm³/mol. The average molecular weight is 741 g/mol. The number of rotatable bonds is 33. The Morgan fingerprint density at radius 2 is 0.940 bits per heavy atom.